The quantitative estimate of drug-likeness (QED) is 0.481. The third-order valence-corrected chi connectivity index (χ3v) is 5.42. The van der Waals surface area contributed by atoms with Crippen molar-refractivity contribution in [1.82, 2.24) is 10.0 Å². The first-order valence-electron chi connectivity index (χ1n) is 8.94. The van der Waals surface area contributed by atoms with E-state index in [-0.39, 0.29) is 11.4 Å². The van der Waals surface area contributed by atoms with Crippen LogP contribution < -0.4 is 10.0 Å². The van der Waals surface area contributed by atoms with Gasteiger partial charge < -0.3 is 19.6 Å². The number of benzene rings is 1. The predicted molar refractivity (Wildman–Crippen MR) is 103 cm³/mol. The van der Waals surface area contributed by atoms with Gasteiger partial charge in [-0.3, -0.25) is 4.79 Å². The molecular formula is C19H26N2O6S. The number of carbonyl (C=O) groups excluding carboxylic acids is 1. The minimum atomic E-state index is -3.94. The van der Waals surface area contributed by atoms with Crippen molar-refractivity contribution in [2.24, 2.45) is 0 Å². The molecule has 0 aliphatic heterocycles. The highest BCUT2D eigenvalue weighted by Crippen LogP contribution is 2.11. The van der Waals surface area contributed by atoms with E-state index in [4.69, 9.17) is 9.15 Å². The van der Waals surface area contributed by atoms with Crippen LogP contribution in [0.2, 0.25) is 0 Å². The van der Waals surface area contributed by atoms with E-state index in [2.05, 4.69) is 10.0 Å². The first kappa shape index (κ1) is 22.1. The number of aryl methyl sites for hydroxylation is 1. The maximum Gasteiger partial charge on any atom is 0.241 e. The standard InChI is InChI=1S/C19H26N2O6S/c1-14-6-8-17(9-7-14)28(24,25)21-18(15(2)22)19(23)20-10-4-11-26-13-16-5-3-12-27-16/h3,5-9,12,15,18,21-22H,4,10-11,13H2,1-2H3,(H,20,23)/t15-,18+/m1/s1. The zero-order valence-electron chi connectivity index (χ0n) is 15.9. The van der Waals surface area contributed by atoms with Crippen LogP contribution in [-0.2, 0) is 26.2 Å². The first-order chi connectivity index (χ1) is 13.3. The molecule has 1 heterocycles. The van der Waals surface area contributed by atoms with Crippen molar-refractivity contribution in [2.75, 3.05) is 13.2 Å². The van der Waals surface area contributed by atoms with Crippen molar-refractivity contribution in [1.29, 1.82) is 0 Å². The number of hydrogen-bond acceptors (Lipinski definition) is 6. The molecule has 0 aliphatic carbocycles. The fourth-order valence-electron chi connectivity index (χ4n) is 2.39. The second kappa shape index (κ2) is 10.4. The Morgan fingerprint density at radius 1 is 1.25 bits per heavy atom. The van der Waals surface area contributed by atoms with Crippen LogP contribution in [0.15, 0.2) is 52.0 Å². The van der Waals surface area contributed by atoms with Gasteiger partial charge in [0.05, 0.1) is 17.3 Å². The summed E-state index contributed by atoms with van der Waals surface area (Å²) in [6.07, 6.45) is 0.895. The van der Waals surface area contributed by atoms with Crippen molar-refractivity contribution in [3.63, 3.8) is 0 Å². The van der Waals surface area contributed by atoms with Gasteiger partial charge in [-0.25, -0.2) is 8.42 Å². The molecule has 0 saturated carbocycles. The van der Waals surface area contributed by atoms with Gasteiger partial charge in [-0.05, 0) is 44.5 Å². The molecule has 154 valence electrons. The molecule has 0 unspecified atom stereocenters. The van der Waals surface area contributed by atoms with Crippen molar-refractivity contribution in [2.45, 2.75) is 43.9 Å². The normalized spacial score (nSPS) is 13.8. The summed E-state index contributed by atoms with van der Waals surface area (Å²) in [6.45, 7) is 4.22. The maximum atomic E-state index is 12.5. The number of hydrogen-bond donors (Lipinski definition) is 3. The summed E-state index contributed by atoms with van der Waals surface area (Å²) in [7, 11) is -3.94. The Bertz CT molecular complexity index is 832. The van der Waals surface area contributed by atoms with Crippen molar-refractivity contribution in [3.8, 4) is 0 Å². The van der Waals surface area contributed by atoms with Crippen molar-refractivity contribution in [3.05, 3.63) is 54.0 Å². The Morgan fingerprint density at radius 3 is 2.57 bits per heavy atom. The van der Waals surface area contributed by atoms with Gasteiger partial charge in [0.1, 0.15) is 18.4 Å². The number of sulfonamides is 1. The minimum absolute atomic E-state index is 0.0304. The fraction of sp³-hybridized carbons (Fsp3) is 0.421. The Hall–Kier alpha value is -2.20. The van der Waals surface area contributed by atoms with Gasteiger partial charge in [-0.1, -0.05) is 17.7 Å². The second-order valence-corrected chi connectivity index (χ2v) is 8.14. The molecule has 2 aromatic rings. The molecule has 8 nitrogen and oxygen atoms in total. The van der Waals surface area contributed by atoms with E-state index in [1.54, 1.807) is 30.5 Å². The summed E-state index contributed by atoms with van der Waals surface area (Å²) < 4.78 is 37.7. The molecule has 0 spiro atoms. The van der Waals surface area contributed by atoms with Crippen LogP contribution in [0.5, 0.6) is 0 Å². The average molecular weight is 410 g/mol. The molecule has 0 bridgehead atoms. The molecule has 9 heteroatoms. The number of rotatable bonds is 11. The molecule has 0 aliphatic rings. The maximum absolute atomic E-state index is 12.5. The van der Waals surface area contributed by atoms with Crippen LogP contribution in [0, 0.1) is 6.92 Å². The number of aliphatic hydroxyl groups excluding tert-OH is 1. The molecule has 28 heavy (non-hydrogen) atoms. The molecule has 2 rings (SSSR count). The van der Waals surface area contributed by atoms with Gasteiger partial charge in [0, 0.05) is 13.2 Å². The van der Waals surface area contributed by atoms with E-state index in [1.807, 2.05) is 6.92 Å². The highest BCUT2D eigenvalue weighted by Gasteiger charge is 2.29. The second-order valence-electron chi connectivity index (χ2n) is 6.43. The Balaban J connectivity index is 1.81. The summed E-state index contributed by atoms with van der Waals surface area (Å²) in [4.78, 5) is 12.3. The largest absolute Gasteiger partial charge is 0.467 e. The zero-order chi connectivity index (χ0) is 20.6. The summed E-state index contributed by atoms with van der Waals surface area (Å²) in [5.41, 5.74) is 0.915. The van der Waals surface area contributed by atoms with Crippen LogP contribution in [0.3, 0.4) is 0 Å². The average Bonchev–Trinajstić information content (AvgIpc) is 3.16. The molecule has 2 atom stereocenters. The highest BCUT2D eigenvalue weighted by molar-refractivity contribution is 7.89. The van der Waals surface area contributed by atoms with Crippen LogP contribution in [0.1, 0.15) is 24.7 Å². The van der Waals surface area contributed by atoms with Gasteiger partial charge >= 0.3 is 0 Å². The van der Waals surface area contributed by atoms with Crippen LogP contribution >= 0.6 is 0 Å². The zero-order valence-corrected chi connectivity index (χ0v) is 16.7. The molecule has 0 fully saturated rings. The summed E-state index contributed by atoms with van der Waals surface area (Å²) >= 11 is 0. The smallest absolute Gasteiger partial charge is 0.241 e. The van der Waals surface area contributed by atoms with Gasteiger partial charge in [0.15, 0.2) is 0 Å². The number of carbonyl (C=O) groups is 1. The molecule has 0 radical (unpaired) electrons. The van der Waals surface area contributed by atoms with E-state index in [1.165, 1.54) is 19.1 Å². The molecule has 3 N–H and O–H groups in total. The van der Waals surface area contributed by atoms with E-state index in [9.17, 15) is 18.3 Å². The van der Waals surface area contributed by atoms with E-state index < -0.39 is 28.1 Å². The first-order valence-corrected chi connectivity index (χ1v) is 10.4. The molecule has 1 aromatic heterocycles. The van der Waals surface area contributed by atoms with Gasteiger partial charge in [0.25, 0.3) is 0 Å². The number of amides is 1. The van der Waals surface area contributed by atoms with Gasteiger partial charge in [-0.15, -0.1) is 0 Å². The lowest BCUT2D eigenvalue weighted by Crippen LogP contribution is -2.52. The third-order valence-electron chi connectivity index (χ3n) is 3.97. The van der Waals surface area contributed by atoms with E-state index >= 15 is 0 Å². The predicted octanol–water partition coefficient (Wildman–Crippen LogP) is 1.34. The van der Waals surface area contributed by atoms with Crippen molar-refractivity contribution >= 4 is 15.9 Å². The van der Waals surface area contributed by atoms with Crippen LogP contribution in [0.25, 0.3) is 0 Å². The monoisotopic (exact) mass is 410 g/mol. The van der Waals surface area contributed by atoms with Gasteiger partial charge in [0.2, 0.25) is 15.9 Å². The Labute approximate surface area is 164 Å². The Kier molecular flexibility index (Phi) is 8.18. The highest BCUT2D eigenvalue weighted by atomic mass is 32.2. The van der Waals surface area contributed by atoms with Gasteiger partial charge in [-0.2, -0.15) is 4.72 Å². The lowest BCUT2D eigenvalue weighted by atomic mass is 10.2. The van der Waals surface area contributed by atoms with Crippen molar-refractivity contribution < 1.29 is 27.5 Å². The molecule has 1 aromatic carbocycles. The topological polar surface area (TPSA) is 118 Å². The number of aliphatic hydroxyl groups is 1. The van der Waals surface area contributed by atoms with Crippen LogP contribution in [0.4, 0.5) is 0 Å². The van der Waals surface area contributed by atoms with E-state index in [0.29, 0.717) is 25.4 Å². The lowest BCUT2D eigenvalue weighted by molar-refractivity contribution is -0.125. The fourth-order valence-corrected chi connectivity index (χ4v) is 3.66. The Morgan fingerprint density at radius 2 is 1.96 bits per heavy atom. The SMILES string of the molecule is Cc1ccc(S(=O)(=O)N[C@H](C(=O)NCCCOCc2ccco2)[C@@H](C)O)cc1. The number of ether oxygens (including phenoxy) is 1. The summed E-state index contributed by atoms with van der Waals surface area (Å²) in [6, 6.07) is 8.50. The summed E-state index contributed by atoms with van der Waals surface area (Å²) in [5, 5.41) is 12.5. The van der Waals surface area contributed by atoms with Crippen LogP contribution in [-0.4, -0.2) is 44.7 Å². The lowest BCUT2D eigenvalue weighted by Gasteiger charge is -2.21. The number of furan rings is 1. The number of nitrogens with one attached hydrogen (secondary N) is 2. The molecule has 0 saturated heterocycles. The van der Waals surface area contributed by atoms with E-state index in [0.717, 1.165) is 5.56 Å². The molecule has 1 amide bonds. The minimum Gasteiger partial charge on any atom is -0.467 e. The molecular weight excluding hydrogens is 384 g/mol. The summed E-state index contributed by atoms with van der Waals surface area (Å²) in [5.74, 6) is 0.112. The third kappa shape index (κ3) is 6.75.